The van der Waals surface area contributed by atoms with Crippen molar-refractivity contribution in [1.29, 1.82) is 0 Å². The second kappa shape index (κ2) is 12.6. The molecule has 0 spiro atoms. The van der Waals surface area contributed by atoms with Crippen LogP contribution in [0.1, 0.15) is 15.9 Å². The van der Waals surface area contributed by atoms with Crippen LogP contribution in [-0.4, -0.2) is 83.9 Å². The van der Waals surface area contributed by atoms with E-state index in [1.807, 2.05) is 30.3 Å². The predicted octanol–water partition coefficient (Wildman–Crippen LogP) is 4.13. The molecule has 0 bridgehead atoms. The van der Waals surface area contributed by atoms with E-state index < -0.39 is 5.91 Å². The van der Waals surface area contributed by atoms with Crippen LogP contribution in [0.3, 0.4) is 0 Å². The Labute approximate surface area is 248 Å². The van der Waals surface area contributed by atoms with Crippen molar-refractivity contribution in [3.8, 4) is 28.4 Å². The fourth-order valence-electron chi connectivity index (χ4n) is 5.03. The van der Waals surface area contributed by atoms with Gasteiger partial charge in [0.25, 0.3) is 5.91 Å². The van der Waals surface area contributed by atoms with Crippen LogP contribution in [0.25, 0.3) is 16.9 Å². The third-order valence-electron chi connectivity index (χ3n) is 7.49. The van der Waals surface area contributed by atoms with Gasteiger partial charge in [-0.25, -0.2) is 9.37 Å². The Bertz CT molecular complexity index is 1620. The lowest BCUT2D eigenvalue weighted by atomic mass is 10.1. The molecule has 1 fully saturated rings. The number of benzene rings is 3. The average molecular weight is 586 g/mol. The summed E-state index contributed by atoms with van der Waals surface area (Å²) in [4.78, 5) is 35.6. The van der Waals surface area contributed by atoms with E-state index in [0.29, 0.717) is 60.3 Å². The molecule has 6 rings (SSSR count). The first kappa shape index (κ1) is 28.4. The van der Waals surface area contributed by atoms with E-state index in [9.17, 15) is 14.0 Å². The molecule has 0 aliphatic carbocycles. The maximum atomic E-state index is 14.5. The van der Waals surface area contributed by atoms with Gasteiger partial charge in [-0.05, 0) is 42.8 Å². The van der Waals surface area contributed by atoms with E-state index in [-0.39, 0.29) is 31.0 Å². The Morgan fingerprint density at radius 2 is 1.79 bits per heavy atom. The standard InChI is InChI=1S/C32H32FN5O5/c1-22-7-9-25(18-26(22)33)38-19-27(23-5-3-2-4-6-23)34-32(38)35-30(39)20-37(12-11-36-13-15-41-16-14-36)31(40)24-8-10-28-29(17-24)43-21-42-28/h2-10,17-19H,11-16,20-21H2,1H3,(H,34,35,39). The summed E-state index contributed by atoms with van der Waals surface area (Å²) in [6, 6.07) is 19.3. The Balaban J connectivity index is 1.25. The highest BCUT2D eigenvalue weighted by Gasteiger charge is 2.24. The number of aromatic nitrogens is 2. The van der Waals surface area contributed by atoms with E-state index in [2.05, 4.69) is 15.2 Å². The minimum absolute atomic E-state index is 0.0959. The van der Waals surface area contributed by atoms with E-state index >= 15 is 0 Å². The van der Waals surface area contributed by atoms with Crippen molar-refractivity contribution < 1.29 is 28.2 Å². The number of morpholine rings is 1. The predicted molar refractivity (Wildman–Crippen MR) is 158 cm³/mol. The number of ether oxygens (including phenoxy) is 3. The first-order valence-electron chi connectivity index (χ1n) is 14.1. The molecular weight excluding hydrogens is 553 g/mol. The second-order valence-electron chi connectivity index (χ2n) is 10.4. The van der Waals surface area contributed by atoms with Crippen LogP contribution in [0.5, 0.6) is 11.5 Å². The highest BCUT2D eigenvalue weighted by atomic mass is 19.1. The third kappa shape index (κ3) is 6.52. The van der Waals surface area contributed by atoms with Gasteiger partial charge in [-0.1, -0.05) is 36.4 Å². The molecular formula is C32H32FN5O5. The zero-order chi connectivity index (χ0) is 29.8. The van der Waals surface area contributed by atoms with Crippen LogP contribution in [0.2, 0.25) is 0 Å². The number of nitrogens with one attached hydrogen (secondary N) is 1. The molecule has 0 radical (unpaired) electrons. The summed E-state index contributed by atoms with van der Waals surface area (Å²) >= 11 is 0. The van der Waals surface area contributed by atoms with Crippen molar-refractivity contribution in [1.82, 2.24) is 19.4 Å². The molecule has 1 aromatic heterocycles. The number of carbonyl (C=O) groups is 2. The van der Waals surface area contributed by atoms with E-state index in [1.54, 1.807) is 48.0 Å². The molecule has 4 aromatic rings. The number of nitrogens with zero attached hydrogens (tertiary/aromatic N) is 4. The van der Waals surface area contributed by atoms with Crippen molar-refractivity contribution in [2.45, 2.75) is 6.92 Å². The lowest BCUT2D eigenvalue weighted by Gasteiger charge is -2.30. The summed E-state index contributed by atoms with van der Waals surface area (Å²) in [5.74, 6) is 0.168. The summed E-state index contributed by atoms with van der Waals surface area (Å²) in [7, 11) is 0. The van der Waals surface area contributed by atoms with Gasteiger partial charge in [0.1, 0.15) is 12.4 Å². The maximum Gasteiger partial charge on any atom is 0.254 e. The van der Waals surface area contributed by atoms with Crippen molar-refractivity contribution >= 4 is 17.8 Å². The number of rotatable bonds is 9. The molecule has 2 aliphatic rings. The van der Waals surface area contributed by atoms with Gasteiger partial charge in [-0.15, -0.1) is 0 Å². The van der Waals surface area contributed by atoms with E-state index in [0.717, 1.165) is 18.7 Å². The van der Waals surface area contributed by atoms with Crippen LogP contribution in [0, 0.1) is 12.7 Å². The Kier molecular flexibility index (Phi) is 8.34. The summed E-state index contributed by atoms with van der Waals surface area (Å²) in [6.07, 6.45) is 1.75. The minimum Gasteiger partial charge on any atom is -0.454 e. The van der Waals surface area contributed by atoms with E-state index in [4.69, 9.17) is 14.2 Å². The number of halogens is 1. The quantitative estimate of drug-likeness (QED) is 0.316. The normalized spacial score (nSPS) is 14.5. The number of amides is 2. The molecule has 3 aromatic carbocycles. The van der Waals surface area contributed by atoms with Crippen molar-refractivity contribution in [2.24, 2.45) is 0 Å². The van der Waals surface area contributed by atoms with Crippen LogP contribution < -0.4 is 14.8 Å². The smallest absolute Gasteiger partial charge is 0.254 e. The molecule has 11 heteroatoms. The highest BCUT2D eigenvalue weighted by Crippen LogP contribution is 2.33. The fourth-order valence-corrected chi connectivity index (χ4v) is 5.03. The molecule has 10 nitrogen and oxygen atoms in total. The number of aryl methyl sites for hydroxylation is 1. The molecule has 1 saturated heterocycles. The second-order valence-corrected chi connectivity index (χ2v) is 10.4. The Morgan fingerprint density at radius 3 is 2.58 bits per heavy atom. The zero-order valence-corrected chi connectivity index (χ0v) is 23.8. The van der Waals surface area contributed by atoms with E-state index in [1.165, 1.54) is 11.0 Å². The Morgan fingerprint density at radius 1 is 1.00 bits per heavy atom. The number of anilines is 1. The van der Waals surface area contributed by atoms with Crippen LogP contribution in [-0.2, 0) is 9.53 Å². The van der Waals surface area contributed by atoms with Crippen molar-refractivity contribution in [2.75, 3.05) is 58.0 Å². The molecule has 3 heterocycles. The topological polar surface area (TPSA) is 98.2 Å². The number of carbonyl (C=O) groups excluding carboxylic acids is 2. The SMILES string of the molecule is Cc1ccc(-n2cc(-c3ccccc3)nc2NC(=O)CN(CCN2CCOCC2)C(=O)c2ccc3c(c2)OCO3)cc1F. The summed E-state index contributed by atoms with van der Waals surface area (Å²) in [5.41, 5.74) is 2.86. The first-order valence-corrected chi connectivity index (χ1v) is 14.1. The molecule has 2 aliphatic heterocycles. The van der Waals surface area contributed by atoms with Gasteiger partial charge in [0.05, 0.1) is 24.6 Å². The van der Waals surface area contributed by atoms with Crippen LogP contribution in [0.4, 0.5) is 10.3 Å². The first-order chi connectivity index (χ1) is 20.9. The number of hydrogen-bond acceptors (Lipinski definition) is 7. The molecule has 0 atom stereocenters. The highest BCUT2D eigenvalue weighted by molar-refractivity contribution is 5.99. The number of fused-ring (bicyclic) bond motifs is 1. The minimum atomic E-state index is -0.435. The average Bonchev–Trinajstić information content (AvgIpc) is 3.68. The molecule has 0 saturated carbocycles. The van der Waals surface area contributed by atoms with Crippen LogP contribution in [0.15, 0.2) is 72.9 Å². The molecule has 2 amide bonds. The molecule has 43 heavy (non-hydrogen) atoms. The lowest BCUT2D eigenvalue weighted by molar-refractivity contribution is -0.117. The van der Waals surface area contributed by atoms with Gasteiger partial charge < -0.3 is 19.1 Å². The maximum absolute atomic E-state index is 14.5. The Hall–Kier alpha value is -4.74. The van der Waals surface area contributed by atoms with Crippen molar-refractivity contribution in [3.05, 3.63) is 89.9 Å². The molecule has 222 valence electrons. The lowest BCUT2D eigenvalue weighted by Crippen LogP contribution is -2.45. The monoisotopic (exact) mass is 585 g/mol. The van der Waals surface area contributed by atoms with Gasteiger partial charge in [0, 0.05) is 43.5 Å². The summed E-state index contributed by atoms with van der Waals surface area (Å²) < 4.78 is 32.5. The van der Waals surface area contributed by atoms with Crippen LogP contribution >= 0.6 is 0 Å². The zero-order valence-electron chi connectivity index (χ0n) is 23.8. The largest absolute Gasteiger partial charge is 0.454 e. The fraction of sp³-hybridized carbons (Fsp3) is 0.281. The summed E-state index contributed by atoms with van der Waals surface area (Å²) in [6.45, 7) is 5.25. The number of imidazole rings is 1. The molecule has 0 unspecified atom stereocenters. The molecule has 1 N–H and O–H groups in total. The van der Waals surface area contributed by atoms with Crippen molar-refractivity contribution in [3.63, 3.8) is 0 Å². The third-order valence-corrected chi connectivity index (χ3v) is 7.49. The van der Waals surface area contributed by atoms with Gasteiger partial charge in [0.2, 0.25) is 18.6 Å². The van der Waals surface area contributed by atoms with Gasteiger partial charge in [-0.2, -0.15) is 0 Å². The van der Waals surface area contributed by atoms with Gasteiger partial charge >= 0.3 is 0 Å². The summed E-state index contributed by atoms with van der Waals surface area (Å²) in [5, 5.41) is 2.87. The number of hydrogen-bond donors (Lipinski definition) is 1. The van der Waals surface area contributed by atoms with Gasteiger partial charge in [0.15, 0.2) is 11.5 Å². The van der Waals surface area contributed by atoms with Gasteiger partial charge in [-0.3, -0.25) is 24.4 Å².